The summed E-state index contributed by atoms with van der Waals surface area (Å²) in [4.78, 5) is 37.1. The standard InChI is InChI=1S/C15H23NO6S/c1-5-6-7-20-14(19)22-9(2)21-13(18)12-15(3,4)23-11-8-10(17)16(11)12/h9,11-12H,5-8H2,1-4H3/t9?,11-,12+/m1/s1. The van der Waals surface area contributed by atoms with Crippen LogP contribution in [0.3, 0.4) is 0 Å². The van der Waals surface area contributed by atoms with E-state index < -0.39 is 29.2 Å². The minimum absolute atomic E-state index is 0.0327. The van der Waals surface area contributed by atoms with Gasteiger partial charge in [0.1, 0.15) is 6.04 Å². The van der Waals surface area contributed by atoms with E-state index in [9.17, 15) is 14.4 Å². The van der Waals surface area contributed by atoms with E-state index in [0.29, 0.717) is 6.42 Å². The van der Waals surface area contributed by atoms with Gasteiger partial charge in [0.15, 0.2) is 0 Å². The van der Waals surface area contributed by atoms with Gasteiger partial charge in [-0.15, -0.1) is 11.8 Å². The maximum atomic E-state index is 12.4. The van der Waals surface area contributed by atoms with Crippen molar-refractivity contribution in [3.8, 4) is 0 Å². The first-order chi connectivity index (χ1) is 10.8. The molecule has 0 spiro atoms. The van der Waals surface area contributed by atoms with Crippen LogP contribution >= 0.6 is 11.8 Å². The van der Waals surface area contributed by atoms with Crippen LogP contribution in [-0.4, -0.2) is 52.0 Å². The molecule has 0 aromatic heterocycles. The number of carbonyl (C=O) groups is 3. The minimum atomic E-state index is -1.06. The van der Waals surface area contributed by atoms with Gasteiger partial charge in [-0.25, -0.2) is 9.59 Å². The Morgan fingerprint density at radius 2 is 2.09 bits per heavy atom. The van der Waals surface area contributed by atoms with E-state index in [1.54, 1.807) is 16.7 Å². The summed E-state index contributed by atoms with van der Waals surface area (Å²) in [6, 6.07) is -0.666. The molecule has 1 amide bonds. The molecule has 2 rings (SSSR count). The SMILES string of the molecule is CCCCOC(=O)OC(C)OC(=O)[C@@H]1N2C(=O)C[C@H]2SC1(C)C. The fourth-order valence-corrected chi connectivity index (χ4v) is 4.30. The summed E-state index contributed by atoms with van der Waals surface area (Å²) in [5.74, 6) is -0.616. The van der Waals surface area contributed by atoms with E-state index in [4.69, 9.17) is 14.2 Å². The highest BCUT2D eigenvalue weighted by Gasteiger charge is 2.59. The summed E-state index contributed by atoms with van der Waals surface area (Å²) in [6.45, 7) is 7.50. The van der Waals surface area contributed by atoms with E-state index in [0.717, 1.165) is 12.8 Å². The average molecular weight is 345 g/mol. The molecule has 130 valence electrons. The van der Waals surface area contributed by atoms with Crippen LogP contribution in [0.5, 0.6) is 0 Å². The molecule has 0 saturated carbocycles. The Kier molecular flexibility index (Phi) is 5.44. The maximum Gasteiger partial charge on any atom is 0.511 e. The molecule has 3 atom stereocenters. The highest BCUT2D eigenvalue weighted by atomic mass is 32.2. The first-order valence-corrected chi connectivity index (χ1v) is 8.67. The van der Waals surface area contributed by atoms with Gasteiger partial charge in [0.05, 0.1) is 18.4 Å². The number of nitrogens with zero attached hydrogens (tertiary/aromatic N) is 1. The highest BCUT2D eigenvalue weighted by molar-refractivity contribution is 8.01. The van der Waals surface area contributed by atoms with Gasteiger partial charge in [0.25, 0.3) is 0 Å². The molecule has 2 aliphatic rings. The van der Waals surface area contributed by atoms with Gasteiger partial charge in [-0.05, 0) is 20.3 Å². The van der Waals surface area contributed by atoms with Crippen molar-refractivity contribution in [3.05, 3.63) is 0 Å². The molecule has 0 N–H and O–H groups in total. The van der Waals surface area contributed by atoms with Crippen molar-refractivity contribution >= 4 is 29.8 Å². The van der Waals surface area contributed by atoms with Crippen LogP contribution in [-0.2, 0) is 23.8 Å². The highest BCUT2D eigenvalue weighted by Crippen LogP contribution is 2.50. The van der Waals surface area contributed by atoms with Gasteiger partial charge in [-0.1, -0.05) is 13.3 Å². The maximum absolute atomic E-state index is 12.4. The summed E-state index contributed by atoms with van der Waals surface area (Å²) in [5.41, 5.74) is 0. The van der Waals surface area contributed by atoms with Gasteiger partial charge < -0.3 is 19.1 Å². The number of ether oxygens (including phenoxy) is 3. The van der Waals surface area contributed by atoms with Crippen molar-refractivity contribution in [2.24, 2.45) is 0 Å². The van der Waals surface area contributed by atoms with Crippen LogP contribution in [0.15, 0.2) is 0 Å². The molecule has 0 radical (unpaired) electrons. The lowest BCUT2D eigenvalue weighted by Gasteiger charge is -2.37. The van der Waals surface area contributed by atoms with Crippen molar-refractivity contribution in [1.82, 2.24) is 4.90 Å². The van der Waals surface area contributed by atoms with Crippen molar-refractivity contribution in [2.75, 3.05) is 6.61 Å². The molecule has 0 aliphatic carbocycles. The Morgan fingerprint density at radius 3 is 2.70 bits per heavy atom. The first-order valence-electron chi connectivity index (χ1n) is 7.79. The number of hydrogen-bond donors (Lipinski definition) is 0. The summed E-state index contributed by atoms with van der Waals surface area (Å²) < 4.78 is 14.5. The molecular weight excluding hydrogens is 322 g/mol. The largest absolute Gasteiger partial charge is 0.511 e. The number of β-lactam (4-membered cyclic amide) rings is 1. The number of carbonyl (C=O) groups excluding carboxylic acids is 3. The zero-order valence-corrected chi connectivity index (χ0v) is 14.7. The van der Waals surface area contributed by atoms with E-state index in [2.05, 4.69) is 0 Å². The Hall–Kier alpha value is -1.44. The third kappa shape index (κ3) is 3.91. The Morgan fingerprint density at radius 1 is 1.39 bits per heavy atom. The van der Waals surface area contributed by atoms with E-state index in [1.165, 1.54) is 6.92 Å². The monoisotopic (exact) mass is 345 g/mol. The van der Waals surface area contributed by atoms with Crippen LogP contribution in [0, 0.1) is 0 Å². The Bertz CT molecular complexity index is 494. The molecule has 2 heterocycles. The number of esters is 1. The third-order valence-electron chi connectivity index (χ3n) is 3.81. The summed E-state index contributed by atoms with van der Waals surface area (Å²) in [6.07, 6.45) is 0.171. The molecule has 1 unspecified atom stereocenters. The van der Waals surface area contributed by atoms with Crippen LogP contribution in [0.4, 0.5) is 4.79 Å². The first kappa shape index (κ1) is 17.9. The van der Waals surface area contributed by atoms with Crippen LogP contribution < -0.4 is 0 Å². The molecule has 0 aromatic carbocycles. The number of rotatable bonds is 6. The Labute approximate surface area is 140 Å². The second-order valence-electron chi connectivity index (χ2n) is 6.16. The van der Waals surface area contributed by atoms with Gasteiger partial charge in [-0.2, -0.15) is 0 Å². The zero-order chi connectivity index (χ0) is 17.2. The van der Waals surface area contributed by atoms with Crippen molar-refractivity contribution in [3.63, 3.8) is 0 Å². The fourth-order valence-electron chi connectivity index (χ4n) is 2.68. The molecule has 2 fully saturated rings. The normalized spacial score (nSPS) is 26.1. The number of unbranched alkanes of at least 4 members (excludes halogenated alkanes) is 1. The van der Waals surface area contributed by atoms with Gasteiger partial charge >= 0.3 is 12.1 Å². The predicted octanol–water partition coefficient (Wildman–Crippen LogP) is 2.28. The number of fused-ring (bicyclic) bond motifs is 1. The topological polar surface area (TPSA) is 82.1 Å². The van der Waals surface area contributed by atoms with Crippen molar-refractivity contribution < 1.29 is 28.6 Å². The Balaban J connectivity index is 1.86. The smallest absolute Gasteiger partial charge is 0.434 e. The lowest BCUT2D eigenvalue weighted by molar-refractivity contribution is -0.179. The second kappa shape index (κ2) is 6.98. The number of amides is 1. The number of thioether (sulfide) groups is 1. The van der Waals surface area contributed by atoms with E-state index >= 15 is 0 Å². The molecule has 2 aliphatic heterocycles. The molecule has 23 heavy (non-hydrogen) atoms. The fraction of sp³-hybridized carbons (Fsp3) is 0.800. The summed E-state index contributed by atoms with van der Waals surface area (Å²) in [7, 11) is 0. The third-order valence-corrected chi connectivity index (χ3v) is 5.31. The molecule has 2 saturated heterocycles. The molecule has 7 nitrogen and oxygen atoms in total. The molecular formula is C15H23NO6S. The van der Waals surface area contributed by atoms with Gasteiger partial charge in [0.2, 0.25) is 12.2 Å². The second-order valence-corrected chi connectivity index (χ2v) is 7.99. The summed E-state index contributed by atoms with van der Waals surface area (Å²) in [5, 5.41) is 0.0327. The predicted molar refractivity (Wildman–Crippen MR) is 83.6 cm³/mol. The lowest BCUT2D eigenvalue weighted by atomic mass is 9.98. The number of hydrogen-bond acceptors (Lipinski definition) is 7. The zero-order valence-electron chi connectivity index (χ0n) is 13.9. The molecule has 0 aromatic rings. The molecule has 8 heteroatoms. The van der Waals surface area contributed by atoms with Crippen LogP contribution in [0.2, 0.25) is 0 Å². The van der Waals surface area contributed by atoms with Crippen molar-refractivity contribution in [2.45, 2.75) is 69.4 Å². The lowest BCUT2D eigenvalue weighted by Crippen LogP contribution is -2.57. The van der Waals surface area contributed by atoms with E-state index in [-0.39, 0.29) is 17.9 Å². The quantitative estimate of drug-likeness (QED) is 0.316. The average Bonchev–Trinajstić information content (AvgIpc) is 2.65. The van der Waals surface area contributed by atoms with Crippen LogP contribution in [0.1, 0.15) is 47.0 Å². The minimum Gasteiger partial charge on any atom is -0.434 e. The summed E-state index contributed by atoms with van der Waals surface area (Å²) >= 11 is 1.58. The van der Waals surface area contributed by atoms with E-state index in [1.807, 2.05) is 20.8 Å². The van der Waals surface area contributed by atoms with Gasteiger partial charge in [0, 0.05) is 11.7 Å². The van der Waals surface area contributed by atoms with Crippen LogP contribution in [0.25, 0.3) is 0 Å². The van der Waals surface area contributed by atoms with Gasteiger partial charge in [-0.3, -0.25) is 4.79 Å². The molecule has 0 bridgehead atoms. The van der Waals surface area contributed by atoms with Crippen molar-refractivity contribution in [1.29, 1.82) is 0 Å².